The largest absolute Gasteiger partial charge is 0.748 e. The molecule has 45 heavy (non-hydrogen) atoms. The molecule has 3 aromatic carbocycles. The maximum atomic E-state index is 12.9. The van der Waals surface area contributed by atoms with Crippen molar-refractivity contribution in [1.82, 2.24) is 4.72 Å². The molecule has 0 unspecified atom stereocenters. The summed E-state index contributed by atoms with van der Waals surface area (Å²) < 4.78 is 76.2. The van der Waals surface area contributed by atoms with Crippen molar-refractivity contribution in [3.05, 3.63) is 70.2 Å². The molecule has 1 amide bonds. The van der Waals surface area contributed by atoms with E-state index in [1.54, 1.807) is 22.3 Å². The van der Waals surface area contributed by atoms with Crippen LogP contribution in [0, 0.1) is 0 Å². The number of nitrogens with one attached hydrogen (secondary N) is 1. The van der Waals surface area contributed by atoms with Crippen LogP contribution < -0.4 is 23.7 Å². The fourth-order valence-electron chi connectivity index (χ4n) is 5.32. The van der Waals surface area contributed by atoms with Crippen LogP contribution in [0.4, 0.5) is 5.69 Å². The third-order valence-corrected chi connectivity index (χ3v) is 11.4. The van der Waals surface area contributed by atoms with Crippen molar-refractivity contribution in [2.45, 2.75) is 38.1 Å². The van der Waals surface area contributed by atoms with Crippen LogP contribution in [0.1, 0.15) is 31.7 Å². The van der Waals surface area contributed by atoms with E-state index < -0.39 is 37.7 Å². The van der Waals surface area contributed by atoms with Crippen LogP contribution in [-0.2, 0) is 31.5 Å². The maximum absolute atomic E-state index is 12.9. The van der Waals surface area contributed by atoms with E-state index >= 15 is 0 Å². The van der Waals surface area contributed by atoms with Crippen molar-refractivity contribution in [2.75, 3.05) is 23.3 Å². The van der Waals surface area contributed by atoms with Crippen molar-refractivity contribution in [3.63, 3.8) is 0 Å². The Balaban J connectivity index is 1.44. The number of ether oxygens (including phenoxy) is 2. The molecule has 3 heterocycles. The molecule has 1 aromatic heterocycles. The van der Waals surface area contributed by atoms with Crippen LogP contribution in [0.3, 0.4) is 0 Å². The highest BCUT2D eigenvalue weighted by Gasteiger charge is 2.33. The molecule has 2 aliphatic rings. The van der Waals surface area contributed by atoms with E-state index in [4.69, 9.17) is 9.47 Å². The Morgan fingerprint density at radius 1 is 1.11 bits per heavy atom. The van der Waals surface area contributed by atoms with Gasteiger partial charge in [0.05, 0.1) is 26.2 Å². The summed E-state index contributed by atoms with van der Waals surface area (Å²) in [5, 5.41) is 3.54. The number of thioether (sulfide) groups is 1. The summed E-state index contributed by atoms with van der Waals surface area (Å²) in [7, 11) is -8.39. The summed E-state index contributed by atoms with van der Waals surface area (Å²) in [6.45, 7) is 3.53. The molecule has 236 valence electrons. The average Bonchev–Trinajstić information content (AvgIpc) is 3.65. The number of carbonyl (C=O) groups is 1. The van der Waals surface area contributed by atoms with Crippen LogP contribution in [0.5, 0.6) is 11.5 Å². The number of hydrogen-bond acceptors (Lipinski definition) is 11. The van der Waals surface area contributed by atoms with E-state index in [1.807, 2.05) is 66.3 Å². The fourth-order valence-corrected chi connectivity index (χ4v) is 9.33. The Morgan fingerprint density at radius 3 is 2.60 bits per heavy atom. The number of rotatable bonds is 10. The number of fused-ring (bicyclic) bond motifs is 5. The number of allylic oxidation sites excluding steroid dienone is 2. The number of benzene rings is 3. The number of anilines is 1. The number of nitrogens with zero attached hydrogens (tertiary/aromatic N) is 2. The minimum atomic E-state index is -4.37. The smallest absolute Gasteiger partial charge is 0.263 e. The number of sulfonamides is 1. The van der Waals surface area contributed by atoms with Gasteiger partial charge in [-0.2, -0.15) is 4.57 Å². The van der Waals surface area contributed by atoms with Gasteiger partial charge in [-0.25, -0.2) is 16.8 Å². The highest BCUT2D eigenvalue weighted by atomic mass is 32.2. The minimum Gasteiger partial charge on any atom is -0.748 e. The summed E-state index contributed by atoms with van der Waals surface area (Å²) in [5.41, 5.74) is 2.45. The first kappa shape index (κ1) is 31.4. The monoisotopic (exact) mass is 687 g/mol. The van der Waals surface area contributed by atoms with Crippen LogP contribution in [0.25, 0.3) is 27.1 Å². The zero-order chi connectivity index (χ0) is 31.9. The van der Waals surface area contributed by atoms with Crippen LogP contribution in [0.2, 0.25) is 0 Å². The van der Waals surface area contributed by atoms with E-state index in [0.29, 0.717) is 35.2 Å². The van der Waals surface area contributed by atoms with Gasteiger partial charge in [0.25, 0.3) is 15.0 Å². The number of hydrogen-bond donors (Lipinski definition) is 1. The minimum absolute atomic E-state index is 0.0731. The van der Waals surface area contributed by atoms with Crippen LogP contribution in [-0.4, -0.2) is 45.7 Å². The lowest BCUT2D eigenvalue weighted by Crippen LogP contribution is -2.37. The van der Waals surface area contributed by atoms with Crippen LogP contribution >= 0.6 is 23.1 Å². The SMILES string of the molecule is CCC(=Cc1sc2ccc3ccccc3c2[n+]1CCCS(=O)(=O)[O-])C=C1Sc2cc3c(cc2N1CS(=O)(=O)NC(C)=O)OCO3. The summed E-state index contributed by atoms with van der Waals surface area (Å²) in [6.07, 6.45) is 4.67. The van der Waals surface area contributed by atoms with Crippen molar-refractivity contribution < 1.29 is 40.2 Å². The Labute approximate surface area is 268 Å². The first-order chi connectivity index (χ1) is 21.4. The van der Waals surface area contributed by atoms with Gasteiger partial charge in [-0.1, -0.05) is 54.3 Å². The van der Waals surface area contributed by atoms with E-state index in [9.17, 15) is 26.2 Å². The molecule has 1 N–H and O–H groups in total. The first-order valence-corrected chi connectivity index (χ1v) is 18.9. The lowest BCUT2D eigenvalue weighted by atomic mass is 10.1. The molecule has 0 fully saturated rings. The molecule has 11 nitrogen and oxygen atoms in total. The van der Waals surface area contributed by atoms with Gasteiger partial charge in [0.2, 0.25) is 18.2 Å². The van der Waals surface area contributed by atoms with Gasteiger partial charge in [0.15, 0.2) is 18.0 Å². The molecule has 6 rings (SSSR count). The quantitative estimate of drug-likeness (QED) is 0.184. The van der Waals surface area contributed by atoms with Gasteiger partial charge >= 0.3 is 0 Å². The molecule has 2 aliphatic heterocycles. The molecule has 15 heteroatoms. The highest BCUT2D eigenvalue weighted by Crippen LogP contribution is 2.51. The van der Waals surface area contributed by atoms with Crippen molar-refractivity contribution in [1.29, 1.82) is 0 Å². The van der Waals surface area contributed by atoms with Gasteiger partial charge in [-0.05, 0) is 35.6 Å². The lowest BCUT2D eigenvalue weighted by molar-refractivity contribution is -0.667. The second-order valence-electron chi connectivity index (χ2n) is 10.5. The van der Waals surface area contributed by atoms with Gasteiger partial charge in [0, 0.05) is 42.2 Å². The summed E-state index contributed by atoms with van der Waals surface area (Å²) in [4.78, 5) is 14.0. The highest BCUT2D eigenvalue weighted by molar-refractivity contribution is 8.03. The van der Waals surface area contributed by atoms with E-state index in [0.717, 1.165) is 43.4 Å². The number of aryl methyl sites for hydroxylation is 1. The topological polar surface area (TPSA) is 146 Å². The molecule has 0 atom stereocenters. The summed E-state index contributed by atoms with van der Waals surface area (Å²) in [6, 6.07) is 15.6. The Bertz CT molecular complexity index is 2120. The van der Waals surface area contributed by atoms with Gasteiger partial charge in [0.1, 0.15) is 10.6 Å². The van der Waals surface area contributed by atoms with Crippen LogP contribution in [0.15, 0.2) is 70.1 Å². The molecule has 0 saturated heterocycles. The van der Waals surface area contributed by atoms with Gasteiger partial charge in [-0.15, -0.1) is 0 Å². The first-order valence-electron chi connectivity index (χ1n) is 14.0. The predicted octanol–water partition coefficient (Wildman–Crippen LogP) is 4.68. The number of aromatic nitrogens is 1. The molecule has 0 aliphatic carbocycles. The standard InChI is InChI=1S/C30H29N3O8S4/c1-3-20(13-28-32(11-6-12-45(37,38)39)30-22-8-5-4-7-21(22)9-10-26(30)42-28)14-29-33(17-44(35,36)31-19(2)34)23-15-24-25(41-18-40-24)16-27(23)43-29/h4-5,7-10,13-16H,3,6,11-12,17-18H2,1-2H3,(H-,31,34,37,38,39). The van der Waals surface area contributed by atoms with Gasteiger partial charge in [-0.3, -0.25) is 9.52 Å². The average molecular weight is 688 g/mol. The molecular weight excluding hydrogens is 659 g/mol. The molecular formula is C30H29N3O8S4. The number of thiazole rings is 1. The predicted molar refractivity (Wildman–Crippen MR) is 174 cm³/mol. The second-order valence-corrected chi connectivity index (χ2v) is 15.8. The number of carbonyl (C=O) groups excluding carboxylic acids is 1. The zero-order valence-corrected chi connectivity index (χ0v) is 27.6. The maximum Gasteiger partial charge on any atom is 0.263 e. The second kappa shape index (κ2) is 12.3. The zero-order valence-electron chi connectivity index (χ0n) is 24.3. The number of amides is 1. The molecule has 4 aromatic rings. The molecule has 0 saturated carbocycles. The fraction of sp³-hybridized carbons (Fsp3) is 0.267. The van der Waals surface area contributed by atoms with Gasteiger partial charge < -0.3 is 18.9 Å². The molecule has 0 spiro atoms. The molecule has 0 radical (unpaired) electrons. The normalized spacial score (nSPS) is 15.8. The Kier molecular flexibility index (Phi) is 8.56. The third kappa shape index (κ3) is 6.82. The van der Waals surface area contributed by atoms with E-state index in [-0.39, 0.29) is 13.2 Å². The van der Waals surface area contributed by atoms with E-state index in [2.05, 4.69) is 4.57 Å². The van der Waals surface area contributed by atoms with Crippen molar-refractivity contribution >= 4 is 81.9 Å². The third-order valence-electron chi connectivity index (χ3n) is 7.24. The lowest BCUT2D eigenvalue weighted by Gasteiger charge is -2.21. The van der Waals surface area contributed by atoms with Crippen molar-refractivity contribution in [3.8, 4) is 11.5 Å². The summed E-state index contributed by atoms with van der Waals surface area (Å²) in [5.74, 6) is -0.577. The Morgan fingerprint density at radius 2 is 1.87 bits per heavy atom. The van der Waals surface area contributed by atoms with E-state index in [1.165, 1.54) is 11.8 Å². The summed E-state index contributed by atoms with van der Waals surface area (Å²) >= 11 is 2.93. The Hall–Kier alpha value is -3.63. The molecule has 0 bridgehead atoms. The van der Waals surface area contributed by atoms with Crippen molar-refractivity contribution in [2.24, 2.45) is 0 Å².